The minimum atomic E-state index is -0.0477. The van der Waals surface area contributed by atoms with Crippen LogP contribution in [0.2, 0.25) is 0 Å². The number of amides is 1. The minimum absolute atomic E-state index is 0.0477. The Morgan fingerprint density at radius 2 is 2.00 bits per heavy atom. The Bertz CT molecular complexity index is 457. The summed E-state index contributed by atoms with van der Waals surface area (Å²) in [6.07, 6.45) is 1.63. The van der Waals surface area contributed by atoms with Crippen LogP contribution in [0.5, 0.6) is 0 Å². The van der Waals surface area contributed by atoms with Crippen LogP contribution in [-0.4, -0.2) is 12.5 Å². The minimum Gasteiger partial charge on any atom is -0.464 e. The van der Waals surface area contributed by atoms with E-state index in [0.29, 0.717) is 12.1 Å². The van der Waals surface area contributed by atoms with Crippen LogP contribution < -0.4 is 5.32 Å². The lowest BCUT2D eigenvalue weighted by Gasteiger charge is -2.02. The van der Waals surface area contributed by atoms with E-state index >= 15 is 0 Å². The van der Waals surface area contributed by atoms with Gasteiger partial charge in [-0.25, -0.2) is 0 Å². The van der Waals surface area contributed by atoms with Crippen LogP contribution in [0.3, 0.4) is 0 Å². The van der Waals surface area contributed by atoms with Gasteiger partial charge in [0.15, 0.2) is 0 Å². The third-order valence-electron chi connectivity index (χ3n) is 2.29. The molecule has 3 heteroatoms. The molecular weight excluding hydrogens is 202 g/mol. The van der Waals surface area contributed by atoms with Crippen LogP contribution >= 0.6 is 0 Å². The molecule has 16 heavy (non-hydrogen) atoms. The summed E-state index contributed by atoms with van der Waals surface area (Å²) in [5, 5.41) is 2.75. The number of carbonyl (C=O) groups excluding carboxylic acids is 1. The average molecular weight is 215 g/mol. The lowest BCUT2D eigenvalue weighted by atomic mass is 10.1. The van der Waals surface area contributed by atoms with Gasteiger partial charge in [0.2, 0.25) is 0 Å². The van der Waals surface area contributed by atoms with Crippen molar-refractivity contribution in [3.05, 3.63) is 48.2 Å². The molecule has 0 bridgehead atoms. The number of hydrogen-bond acceptors (Lipinski definition) is 2. The van der Waals surface area contributed by atoms with Crippen molar-refractivity contribution in [1.82, 2.24) is 5.32 Å². The molecule has 0 fully saturated rings. The van der Waals surface area contributed by atoms with Gasteiger partial charge in [0, 0.05) is 17.7 Å². The third kappa shape index (κ3) is 2.14. The molecule has 1 amide bonds. The fourth-order valence-electron chi connectivity index (χ4n) is 1.49. The zero-order valence-electron chi connectivity index (χ0n) is 9.07. The fraction of sp³-hybridized carbons (Fsp3) is 0.154. The quantitative estimate of drug-likeness (QED) is 0.855. The summed E-state index contributed by atoms with van der Waals surface area (Å²) in [6, 6.07) is 11.1. The number of benzene rings is 1. The van der Waals surface area contributed by atoms with E-state index in [9.17, 15) is 4.79 Å². The molecule has 1 aromatic carbocycles. The molecule has 2 rings (SSSR count). The van der Waals surface area contributed by atoms with E-state index in [1.807, 2.05) is 31.2 Å². The first-order valence-corrected chi connectivity index (χ1v) is 5.23. The second kappa shape index (κ2) is 4.66. The largest absolute Gasteiger partial charge is 0.464 e. The standard InChI is InChI=1S/C13H13NO2/c1-2-14-13(15)11-7-5-10(6-8-11)12-4-3-9-16-12/h3-9H,2H2,1H3,(H,14,15). The van der Waals surface area contributed by atoms with Crippen LogP contribution in [0.1, 0.15) is 17.3 Å². The van der Waals surface area contributed by atoms with Crippen molar-refractivity contribution in [3.63, 3.8) is 0 Å². The van der Waals surface area contributed by atoms with E-state index in [-0.39, 0.29) is 5.91 Å². The first-order chi connectivity index (χ1) is 7.81. The van der Waals surface area contributed by atoms with Gasteiger partial charge in [0.05, 0.1) is 6.26 Å². The summed E-state index contributed by atoms with van der Waals surface area (Å²) in [7, 11) is 0. The molecule has 3 nitrogen and oxygen atoms in total. The van der Waals surface area contributed by atoms with Crippen LogP contribution in [-0.2, 0) is 0 Å². The van der Waals surface area contributed by atoms with Gasteiger partial charge in [-0.3, -0.25) is 4.79 Å². The van der Waals surface area contributed by atoms with E-state index in [1.165, 1.54) is 0 Å². The van der Waals surface area contributed by atoms with Crippen molar-refractivity contribution in [2.24, 2.45) is 0 Å². The second-order valence-corrected chi connectivity index (χ2v) is 3.41. The molecule has 1 N–H and O–H groups in total. The van der Waals surface area contributed by atoms with Crippen molar-refractivity contribution in [2.45, 2.75) is 6.92 Å². The number of rotatable bonds is 3. The van der Waals surface area contributed by atoms with E-state index in [2.05, 4.69) is 5.32 Å². The van der Waals surface area contributed by atoms with Gasteiger partial charge < -0.3 is 9.73 Å². The lowest BCUT2D eigenvalue weighted by Crippen LogP contribution is -2.22. The first kappa shape index (κ1) is 10.5. The summed E-state index contributed by atoms with van der Waals surface area (Å²) < 4.78 is 5.27. The second-order valence-electron chi connectivity index (χ2n) is 3.41. The number of nitrogens with one attached hydrogen (secondary N) is 1. The van der Waals surface area contributed by atoms with Crippen molar-refractivity contribution in [1.29, 1.82) is 0 Å². The maximum Gasteiger partial charge on any atom is 0.251 e. The summed E-state index contributed by atoms with van der Waals surface area (Å²) in [6.45, 7) is 2.54. The van der Waals surface area contributed by atoms with Crippen LogP contribution in [0, 0.1) is 0 Å². The number of carbonyl (C=O) groups is 1. The third-order valence-corrected chi connectivity index (χ3v) is 2.29. The zero-order chi connectivity index (χ0) is 11.4. The Morgan fingerprint density at radius 3 is 2.56 bits per heavy atom. The highest BCUT2D eigenvalue weighted by molar-refractivity contribution is 5.94. The van der Waals surface area contributed by atoms with E-state index in [1.54, 1.807) is 18.4 Å². The summed E-state index contributed by atoms with van der Waals surface area (Å²) in [4.78, 5) is 11.5. The van der Waals surface area contributed by atoms with Crippen molar-refractivity contribution in [2.75, 3.05) is 6.54 Å². The summed E-state index contributed by atoms with van der Waals surface area (Å²) >= 11 is 0. The Morgan fingerprint density at radius 1 is 1.25 bits per heavy atom. The molecular formula is C13H13NO2. The molecule has 0 aliphatic carbocycles. The van der Waals surface area contributed by atoms with Gasteiger partial charge in [0.25, 0.3) is 5.91 Å². The smallest absolute Gasteiger partial charge is 0.251 e. The van der Waals surface area contributed by atoms with E-state index < -0.39 is 0 Å². The SMILES string of the molecule is CCNC(=O)c1ccc(-c2ccco2)cc1. The van der Waals surface area contributed by atoms with Gasteiger partial charge >= 0.3 is 0 Å². The molecule has 82 valence electrons. The van der Waals surface area contributed by atoms with Gasteiger partial charge in [-0.2, -0.15) is 0 Å². The maximum absolute atomic E-state index is 11.5. The van der Waals surface area contributed by atoms with Crippen LogP contribution in [0.15, 0.2) is 47.1 Å². The fourth-order valence-corrected chi connectivity index (χ4v) is 1.49. The highest BCUT2D eigenvalue weighted by Crippen LogP contribution is 2.19. The van der Waals surface area contributed by atoms with E-state index in [0.717, 1.165) is 11.3 Å². The number of hydrogen-bond donors (Lipinski definition) is 1. The van der Waals surface area contributed by atoms with Crippen LogP contribution in [0.4, 0.5) is 0 Å². The first-order valence-electron chi connectivity index (χ1n) is 5.23. The molecule has 0 spiro atoms. The summed E-state index contributed by atoms with van der Waals surface area (Å²) in [5.41, 5.74) is 1.63. The van der Waals surface area contributed by atoms with Crippen molar-refractivity contribution < 1.29 is 9.21 Å². The predicted octanol–water partition coefficient (Wildman–Crippen LogP) is 2.70. The molecule has 1 aromatic heterocycles. The van der Waals surface area contributed by atoms with E-state index in [4.69, 9.17) is 4.42 Å². The molecule has 0 aliphatic heterocycles. The molecule has 0 unspecified atom stereocenters. The normalized spacial score (nSPS) is 10.1. The Labute approximate surface area is 94.1 Å². The van der Waals surface area contributed by atoms with Crippen LogP contribution in [0.25, 0.3) is 11.3 Å². The highest BCUT2D eigenvalue weighted by atomic mass is 16.3. The van der Waals surface area contributed by atoms with Gasteiger partial charge in [0.1, 0.15) is 5.76 Å². The molecule has 0 saturated carbocycles. The lowest BCUT2D eigenvalue weighted by molar-refractivity contribution is 0.0956. The molecule has 0 aliphatic rings. The summed E-state index contributed by atoms with van der Waals surface area (Å²) in [5.74, 6) is 0.760. The predicted molar refractivity (Wildman–Crippen MR) is 62.2 cm³/mol. The van der Waals surface area contributed by atoms with Gasteiger partial charge in [-0.1, -0.05) is 12.1 Å². The molecule has 1 heterocycles. The average Bonchev–Trinajstić information content (AvgIpc) is 2.83. The number of furan rings is 1. The van der Waals surface area contributed by atoms with Gasteiger partial charge in [-0.05, 0) is 31.2 Å². The molecule has 0 atom stereocenters. The van der Waals surface area contributed by atoms with Crippen molar-refractivity contribution in [3.8, 4) is 11.3 Å². The van der Waals surface area contributed by atoms with Crippen molar-refractivity contribution >= 4 is 5.91 Å². The Hall–Kier alpha value is -2.03. The molecule has 0 radical (unpaired) electrons. The molecule has 0 saturated heterocycles. The maximum atomic E-state index is 11.5. The zero-order valence-corrected chi connectivity index (χ0v) is 9.07. The highest BCUT2D eigenvalue weighted by Gasteiger charge is 2.05. The monoisotopic (exact) mass is 215 g/mol. The topological polar surface area (TPSA) is 42.2 Å². The van der Waals surface area contributed by atoms with Gasteiger partial charge in [-0.15, -0.1) is 0 Å². The Kier molecular flexibility index (Phi) is 3.05. The molecule has 2 aromatic rings. The Balaban J connectivity index is 2.20.